The molecule has 1 N–H and O–H groups in total. The lowest BCUT2D eigenvalue weighted by Crippen LogP contribution is -2.42. The Balaban J connectivity index is 2.40. The number of nitrogens with zero attached hydrogens (tertiary/aromatic N) is 2. The zero-order chi connectivity index (χ0) is 14.1. The van der Waals surface area contributed by atoms with Crippen LogP contribution in [0.25, 0.3) is 0 Å². The highest BCUT2D eigenvalue weighted by Gasteiger charge is 2.13. The molecule has 0 bridgehead atoms. The second kappa shape index (κ2) is 9.05. The molecule has 0 aliphatic heterocycles. The largest absolute Gasteiger partial charge is 0.313 e. The van der Waals surface area contributed by atoms with Crippen LogP contribution in [0.4, 0.5) is 0 Å². The minimum atomic E-state index is 0.563. The second-order valence-electron chi connectivity index (χ2n) is 5.59. The molecule has 0 radical (unpaired) electrons. The molecule has 0 saturated heterocycles. The molecule has 0 saturated carbocycles. The zero-order valence-electron chi connectivity index (χ0n) is 12.9. The molecule has 0 aliphatic rings. The summed E-state index contributed by atoms with van der Waals surface area (Å²) in [5, 5.41) is 3.56. The number of hydrogen-bond donors (Lipinski definition) is 1. The third-order valence-corrected chi connectivity index (χ3v) is 3.51. The van der Waals surface area contributed by atoms with Gasteiger partial charge in [-0.3, -0.25) is 4.98 Å². The van der Waals surface area contributed by atoms with Crippen LogP contribution in [0.1, 0.15) is 39.2 Å². The number of aromatic nitrogens is 1. The molecule has 1 heterocycles. The molecule has 0 fully saturated rings. The van der Waals surface area contributed by atoms with Crippen LogP contribution in [0.2, 0.25) is 0 Å². The maximum absolute atomic E-state index is 4.06. The van der Waals surface area contributed by atoms with Gasteiger partial charge in [0.25, 0.3) is 0 Å². The van der Waals surface area contributed by atoms with Crippen molar-refractivity contribution >= 4 is 0 Å². The Morgan fingerprint density at radius 1 is 1.26 bits per heavy atom. The number of rotatable bonds is 9. The normalized spacial score (nSPS) is 13.2. The Hall–Kier alpha value is -0.930. The number of pyridine rings is 1. The van der Waals surface area contributed by atoms with E-state index < -0.39 is 0 Å². The molecule has 1 rings (SSSR count). The van der Waals surface area contributed by atoms with Crippen LogP contribution < -0.4 is 5.32 Å². The van der Waals surface area contributed by atoms with Crippen LogP contribution in [-0.4, -0.2) is 42.1 Å². The maximum atomic E-state index is 4.06. The first-order chi connectivity index (χ1) is 9.13. The van der Waals surface area contributed by atoms with E-state index in [0.29, 0.717) is 12.1 Å². The van der Waals surface area contributed by atoms with E-state index in [1.807, 2.05) is 12.4 Å². The van der Waals surface area contributed by atoms with Crippen LogP contribution >= 0.6 is 0 Å². The summed E-state index contributed by atoms with van der Waals surface area (Å²) in [5.41, 5.74) is 1.37. The Morgan fingerprint density at radius 2 is 1.95 bits per heavy atom. The molecule has 19 heavy (non-hydrogen) atoms. The van der Waals surface area contributed by atoms with E-state index in [2.05, 4.69) is 55.2 Å². The fourth-order valence-corrected chi connectivity index (χ4v) is 2.22. The molecule has 1 aromatic rings. The summed E-state index contributed by atoms with van der Waals surface area (Å²) in [6.07, 6.45) is 7.34. The molecule has 108 valence electrons. The van der Waals surface area contributed by atoms with Gasteiger partial charge < -0.3 is 10.2 Å². The van der Waals surface area contributed by atoms with Crippen LogP contribution in [-0.2, 0) is 6.42 Å². The van der Waals surface area contributed by atoms with Crippen molar-refractivity contribution in [1.29, 1.82) is 0 Å². The van der Waals surface area contributed by atoms with E-state index in [4.69, 9.17) is 0 Å². The van der Waals surface area contributed by atoms with Crippen molar-refractivity contribution in [2.24, 2.45) is 0 Å². The summed E-state index contributed by atoms with van der Waals surface area (Å²) in [4.78, 5) is 6.55. The first-order valence-electron chi connectivity index (χ1n) is 7.46. The van der Waals surface area contributed by atoms with Crippen molar-refractivity contribution < 1.29 is 0 Å². The van der Waals surface area contributed by atoms with E-state index in [1.165, 1.54) is 18.4 Å². The predicted octanol–water partition coefficient (Wildman–Crippen LogP) is 2.72. The van der Waals surface area contributed by atoms with E-state index >= 15 is 0 Å². The van der Waals surface area contributed by atoms with Crippen molar-refractivity contribution in [3.05, 3.63) is 30.1 Å². The average Bonchev–Trinajstić information content (AvgIpc) is 2.41. The molecular formula is C16H29N3. The van der Waals surface area contributed by atoms with Crippen LogP contribution in [0.5, 0.6) is 0 Å². The molecule has 0 aromatic carbocycles. The van der Waals surface area contributed by atoms with Gasteiger partial charge >= 0.3 is 0 Å². The summed E-state index contributed by atoms with van der Waals surface area (Å²) in [6, 6.07) is 5.41. The minimum Gasteiger partial charge on any atom is -0.313 e. The second-order valence-corrected chi connectivity index (χ2v) is 5.59. The van der Waals surface area contributed by atoms with Crippen LogP contribution in [0, 0.1) is 0 Å². The monoisotopic (exact) mass is 263 g/mol. The van der Waals surface area contributed by atoms with Crippen molar-refractivity contribution in [1.82, 2.24) is 15.2 Å². The van der Waals surface area contributed by atoms with Gasteiger partial charge in [-0.05, 0) is 37.6 Å². The first kappa shape index (κ1) is 16.1. The van der Waals surface area contributed by atoms with Gasteiger partial charge in [0.15, 0.2) is 0 Å². The van der Waals surface area contributed by atoms with Crippen LogP contribution in [0.3, 0.4) is 0 Å². The van der Waals surface area contributed by atoms with Crippen molar-refractivity contribution in [2.45, 2.75) is 52.1 Å². The van der Waals surface area contributed by atoms with E-state index in [1.54, 1.807) is 0 Å². The SMILES string of the molecule is CCCC(CNC(C)C)N(C)CCc1ccncc1. The van der Waals surface area contributed by atoms with Crippen LogP contribution in [0.15, 0.2) is 24.5 Å². The quantitative estimate of drug-likeness (QED) is 0.742. The summed E-state index contributed by atoms with van der Waals surface area (Å²) in [5.74, 6) is 0. The van der Waals surface area contributed by atoms with Crippen molar-refractivity contribution in [3.63, 3.8) is 0 Å². The molecule has 3 nitrogen and oxygen atoms in total. The summed E-state index contributed by atoms with van der Waals surface area (Å²) in [6.45, 7) is 8.87. The first-order valence-corrected chi connectivity index (χ1v) is 7.46. The number of likely N-dealkylation sites (N-methyl/N-ethyl adjacent to an activating group) is 1. The Kier molecular flexibility index (Phi) is 7.68. The highest BCUT2D eigenvalue weighted by Crippen LogP contribution is 2.07. The Labute approximate surface area is 118 Å². The van der Waals surface area contributed by atoms with E-state index in [-0.39, 0.29) is 0 Å². The van der Waals surface area contributed by atoms with Gasteiger partial charge in [-0.2, -0.15) is 0 Å². The summed E-state index contributed by atoms with van der Waals surface area (Å²) in [7, 11) is 2.24. The summed E-state index contributed by atoms with van der Waals surface area (Å²) >= 11 is 0. The van der Waals surface area contributed by atoms with Crippen molar-refractivity contribution in [2.75, 3.05) is 20.1 Å². The molecule has 3 heteroatoms. The van der Waals surface area contributed by atoms with Gasteiger partial charge in [-0.25, -0.2) is 0 Å². The molecule has 1 aromatic heterocycles. The van der Waals surface area contributed by atoms with Gasteiger partial charge in [-0.15, -0.1) is 0 Å². The standard InChI is InChI=1S/C16H29N3/c1-5-6-16(13-18-14(2)3)19(4)12-9-15-7-10-17-11-8-15/h7-8,10-11,14,16,18H,5-6,9,12-13H2,1-4H3. The number of nitrogens with one attached hydrogen (secondary N) is 1. The fourth-order valence-electron chi connectivity index (χ4n) is 2.22. The minimum absolute atomic E-state index is 0.563. The third-order valence-electron chi connectivity index (χ3n) is 3.51. The summed E-state index contributed by atoms with van der Waals surface area (Å²) < 4.78 is 0. The topological polar surface area (TPSA) is 28.2 Å². The lowest BCUT2D eigenvalue weighted by Gasteiger charge is -2.29. The van der Waals surface area contributed by atoms with E-state index in [9.17, 15) is 0 Å². The molecule has 0 amide bonds. The van der Waals surface area contributed by atoms with Gasteiger partial charge in [-0.1, -0.05) is 27.2 Å². The molecule has 0 aliphatic carbocycles. The highest BCUT2D eigenvalue weighted by atomic mass is 15.1. The molecule has 1 atom stereocenters. The Bertz CT molecular complexity index is 324. The van der Waals surface area contributed by atoms with Gasteiger partial charge in [0, 0.05) is 37.6 Å². The van der Waals surface area contributed by atoms with Gasteiger partial charge in [0.1, 0.15) is 0 Å². The predicted molar refractivity (Wildman–Crippen MR) is 82.4 cm³/mol. The fraction of sp³-hybridized carbons (Fsp3) is 0.688. The van der Waals surface area contributed by atoms with Gasteiger partial charge in [0.05, 0.1) is 0 Å². The average molecular weight is 263 g/mol. The lowest BCUT2D eigenvalue weighted by atomic mass is 10.1. The molecular weight excluding hydrogens is 234 g/mol. The smallest absolute Gasteiger partial charge is 0.0270 e. The van der Waals surface area contributed by atoms with Crippen molar-refractivity contribution in [3.8, 4) is 0 Å². The van der Waals surface area contributed by atoms with E-state index in [0.717, 1.165) is 19.5 Å². The van der Waals surface area contributed by atoms with Gasteiger partial charge in [0.2, 0.25) is 0 Å². The molecule has 1 unspecified atom stereocenters. The Morgan fingerprint density at radius 3 is 2.53 bits per heavy atom. The zero-order valence-corrected chi connectivity index (χ0v) is 12.9. The number of hydrogen-bond acceptors (Lipinski definition) is 3. The third kappa shape index (κ3) is 6.69. The highest BCUT2D eigenvalue weighted by molar-refractivity contribution is 5.09. The maximum Gasteiger partial charge on any atom is 0.0270 e. The molecule has 0 spiro atoms. The lowest BCUT2D eigenvalue weighted by molar-refractivity contribution is 0.221.